The first kappa shape index (κ1) is 16.0. The monoisotopic (exact) mass is 288 g/mol. The second-order valence-electron chi connectivity index (χ2n) is 6.55. The molecule has 1 aromatic rings. The molecule has 1 fully saturated rings. The first-order valence-electron chi connectivity index (χ1n) is 8.05. The Balaban J connectivity index is 1.78. The van der Waals surface area contributed by atoms with Crippen molar-refractivity contribution in [3.63, 3.8) is 0 Å². The molecule has 1 N–H and O–H groups in total. The van der Waals surface area contributed by atoms with Gasteiger partial charge in [0.15, 0.2) is 0 Å². The van der Waals surface area contributed by atoms with Crippen LogP contribution in [0.3, 0.4) is 0 Å². The van der Waals surface area contributed by atoms with Crippen LogP contribution in [0.4, 0.5) is 0 Å². The standard InChI is InChI=1S/C18H28N2O/c1-13(2)18(21)20-9-7-17(8-10-20)19-12-16-6-5-14(3)15(4)11-16/h5-6,11,13,17,19H,7-10,12H2,1-4H3. The Bertz CT molecular complexity index is 488. The van der Waals surface area contributed by atoms with E-state index in [0.29, 0.717) is 11.9 Å². The van der Waals surface area contributed by atoms with E-state index in [-0.39, 0.29) is 5.92 Å². The van der Waals surface area contributed by atoms with Crippen LogP contribution in [0.1, 0.15) is 43.4 Å². The largest absolute Gasteiger partial charge is 0.342 e. The third-order valence-corrected chi connectivity index (χ3v) is 4.47. The molecular weight excluding hydrogens is 260 g/mol. The summed E-state index contributed by atoms with van der Waals surface area (Å²) in [6.07, 6.45) is 2.12. The normalized spacial score (nSPS) is 16.5. The summed E-state index contributed by atoms with van der Waals surface area (Å²) < 4.78 is 0. The predicted octanol–water partition coefficient (Wildman–Crippen LogP) is 3.04. The summed E-state index contributed by atoms with van der Waals surface area (Å²) in [5.41, 5.74) is 4.05. The molecule has 0 spiro atoms. The summed E-state index contributed by atoms with van der Waals surface area (Å²) in [7, 11) is 0. The van der Waals surface area contributed by atoms with Crippen LogP contribution in [0.2, 0.25) is 0 Å². The predicted molar refractivity (Wildman–Crippen MR) is 87.2 cm³/mol. The highest BCUT2D eigenvalue weighted by Crippen LogP contribution is 2.15. The number of nitrogens with one attached hydrogen (secondary N) is 1. The maximum atomic E-state index is 12.0. The summed E-state index contributed by atoms with van der Waals surface area (Å²) in [4.78, 5) is 14.0. The number of benzene rings is 1. The maximum Gasteiger partial charge on any atom is 0.225 e. The van der Waals surface area contributed by atoms with Crippen molar-refractivity contribution in [1.82, 2.24) is 10.2 Å². The molecular formula is C18H28N2O. The van der Waals surface area contributed by atoms with Crippen LogP contribution in [0.15, 0.2) is 18.2 Å². The van der Waals surface area contributed by atoms with Gasteiger partial charge in [0.25, 0.3) is 0 Å². The van der Waals surface area contributed by atoms with E-state index < -0.39 is 0 Å². The molecule has 2 rings (SSSR count). The lowest BCUT2D eigenvalue weighted by molar-refractivity contribution is -0.135. The SMILES string of the molecule is Cc1ccc(CNC2CCN(C(=O)C(C)C)CC2)cc1C. The molecule has 1 saturated heterocycles. The molecule has 1 heterocycles. The van der Waals surface area contributed by atoms with Crippen LogP contribution < -0.4 is 5.32 Å². The number of nitrogens with zero attached hydrogens (tertiary/aromatic N) is 1. The average molecular weight is 288 g/mol. The Kier molecular flexibility index (Phi) is 5.40. The van der Waals surface area contributed by atoms with Crippen LogP contribution in [0.25, 0.3) is 0 Å². The summed E-state index contributed by atoms with van der Waals surface area (Å²) in [5, 5.41) is 3.64. The lowest BCUT2D eigenvalue weighted by atomic mass is 10.0. The van der Waals surface area contributed by atoms with Gasteiger partial charge in [-0.15, -0.1) is 0 Å². The van der Waals surface area contributed by atoms with Gasteiger partial charge in [-0.05, 0) is 43.4 Å². The Morgan fingerprint density at radius 1 is 1.24 bits per heavy atom. The fraction of sp³-hybridized carbons (Fsp3) is 0.611. The number of piperidine rings is 1. The van der Waals surface area contributed by atoms with Crippen molar-refractivity contribution >= 4 is 5.91 Å². The second-order valence-corrected chi connectivity index (χ2v) is 6.55. The van der Waals surface area contributed by atoms with Gasteiger partial charge < -0.3 is 10.2 Å². The van der Waals surface area contributed by atoms with E-state index in [0.717, 1.165) is 32.5 Å². The van der Waals surface area contributed by atoms with E-state index in [4.69, 9.17) is 0 Å². The molecule has 0 unspecified atom stereocenters. The number of hydrogen-bond acceptors (Lipinski definition) is 2. The van der Waals surface area contributed by atoms with E-state index in [1.807, 2.05) is 18.7 Å². The first-order valence-corrected chi connectivity index (χ1v) is 8.05. The minimum absolute atomic E-state index is 0.116. The molecule has 116 valence electrons. The molecule has 3 heteroatoms. The zero-order valence-electron chi connectivity index (χ0n) is 13.8. The molecule has 0 atom stereocenters. The Labute approximate surface area is 128 Å². The van der Waals surface area contributed by atoms with Gasteiger partial charge in [-0.1, -0.05) is 32.0 Å². The smallest absolute Gasteiger partial charge is 0.225 e. The summed E-state index contributed by atoms with van der Waals surface area (Å²) >= 11 is 0. The summed E-state index contributed by atoms with van der Waals surface area (Å²) in [6.45, 7) is 11.0. The van der Waals surface area contributed by atoms with Gasteiger partial charge in [0.1, 0.15) is 0 Å². The van der Waals surface area contributed by atoms with Crippen molar-refractivity contribution < 1.29 is 4.79 Å². The van der Waals surface area contributed by atoms with E-state index >= 15 is 0 Å². The van der Waals surface area contributed by atoms with Crippen molar-refractivity contribution in [2.24, 2.45) is 5.92 Å². The van der Waals surface area contributed by atoms with Crippen molar-refractivity contribution in [3.8, 4) is 0 Å². The van der Waals surface area contributed by atoms with Crippen molar-refractivity contribution in [3.05, 3.63) is 34.9 Å². The van der Waals surface area contributed by atoms with E-state index in [1.165, 1.54) is 16.7 Å². The number of carbonyl (C=O) groups is 1. The molecule has 1 aliphatic heterocycles. The number of hydrogen-bond donors (Lipinski definition) is 1. The molecule has 21 heavy (non-hydrogen) atoms. The molecule has 1 aliphatic rings. The van der Waals surface area contributed by atoms with Crippen LogP contribution >= 0.6 is 0 Å². The van der Waals surface area contributed by atoms with Crippen molar-refractivity contribution in [2.75, 3.05) is 13.1 Å². The molecule has 0 saturated carbocycles. The van der Waals surface area contributed by atoms with Gasteiger partial charge in [0, 0.05) is 31.6 Å². The van der Waals surface area contributed by atoms with Gasteiger partial charge in [-0.2, -0.15) is 0 Å². The second kappa shape index (κ2) is 7.08. The van der Waals surface area contributed by atoms with E-state index in [1.54, 1.807) is 0 Å². The minimum Gasteiger partial charge on any atom is -0.342 e. The number of aryl methyl sites for hydroxylation is 2. The Hall–Kier alpha value is -1.35. The minimum atomic E-state index is 0.116. The van der Waals surface area contributed by atoms with Gasteiger partial charge in [-0.3, -0.25) is 4.79 Å². The highest BCUT2D eigenvalue weighted by atomic mass is 16.2. The maximum absolute atomic E-state index is 12.0. The first-order chi connectivity index (χ1) is 9.97. The highest BCUT2D eigenvalue weighted by Gasteiger charge is 2.23. The molecule has 1 amide bonds. The fourth-order valence-electron chi connectivity index (χ4n) is 2.84. The summed E-state index contributed by atoms with van der Waals surface area (Å²) in [5.74, 6) is 0.410. The summed E-state index contributed by atoms with van der Waals surface area (Å²) in [6, 6.07) is 7.19. The lowest BCUT2D eigenvalue weighted by Crippen LogP contribution is -2.45. The Morgan fingerprint density at radius 3 is 2.48 bits per heavy atom. The quantitative estimate of drug-likeness (QED) is 0.923. The number of amides is 1. The number of likely N-dealkylation sites (tertiary alicyclic amines) is 1. The molecule has 0 bridgehead atoms. The molecule has 1 aromatic carbocycles. The van der Waals surface area contributed by atoms with Crippen LogP contribution in [0, 0.1) is 19.8 Å². The van der Waals surface area contributed by atoms with Crippen molar-refractivity contribution in [2.45, 2.75) is 53.1 Å². The number of rotatable bonds is 4. The average Bonchev–Trinajstić information content (AvgIpc) is 2.48. The number of carbonyl (C=O) groups excluding carboxylic acids is 1. The van der Waals surface area contributed by atoms with E-state index in [2.05, 4.69) is 37.4 Å². The van der Waals surface area contributed by atoms with Crippen LogP contribution in [-0.4, -0.2) is 29.9 Å². The van der Waals surface area contributed by atoms with Gasteiger partial charge in [0.2, 0.25) is 5.91 Å². The fourth-order valence-corrected chi connectivity index (χ4v) is 2.84. The van der Waals surface area contributed by atoms with E-state index in [9.17, 15) is 4.79 Å². The molecule has 3 nitrogen and oxygen atoms in total. The van der Waals surface area contributed by atoms with Crippen molar-refractivity contribution in [1.29, 1.82) is 0 Å². The van der Waals surface area contributed by atoms with Gasteiger partial charge >= 0.3 is 0 Å². The molecule has 0 radical (unpaired) electrons. The zero-order valence-corrected chi connectivity index (χ0v) is 13.8. The Morgan fingerprint density at radius 2 is 1.90 bits per heavy atom. The third kappa shape index (κ3) is 4.31. The zero-order chi connectivity index (χ0) is 15.4. The van der Waals surface area contributed by atoms with Gasteiger partial charge in [0.05, 0.1) is 0 Å². The van der Waals surface area contributed by atoms with Gasteiger partial charge in [-0.25, -0.2) is 0 Å². The highest BCUT2D eigenvalue weighted by molar-refractivity contribution is 5.78. The molecule has 0 aliphatic carbocycles. The van der Waals surface area contributed by atoms with Crippen LogP contribution in [0.5, 0.6) is 0 Å². The molecule has 0 aromatic heterocycles. The van der Waals surface area contributed by atoms with Crippen LogP contribution in [-0.2, 0) is 11.3 Å². The third-order valence-electron chi connectivity index (χ3n) is 4.47. The lowest BCUT2D eigenvalue weighted by Gasteiger charge is -2.33. The topological polar surface area (TPSA) is 32.3 Å².